The molecule has 0 aliphatic heterocycles. The molecule has 10 amide bonds. The summed E-state index contributed by atoms with van der Waals surface area (Å²) in [6, 6.07) is -5.46. The molecule has 0 fully saturated rings. The van der Waals surface area contributed by atoms with Crippen LogP contribution in [0, 0.1) is 17.8 Å². The second-order valence-corrected chi connectivity index (χ2v) is 17.2. The average Bonchev–Trinajstić information content (AvgIpc) is 3.22. The zero-order valence-electron chi connectivity index (χ0n) is 39.5. The van der Waals surface area contributed by atoms with Crippen LogP contribution in [-0.2, 0) is 64.0 Å². The second kappa shape index (κ2) is 28.0. The van der Waals surface area contributed by atoms with Crippen LogP contribution in [0.3, 0.4) is 0 Å². The van der Waals surface area contributed by atoms with Crippen LogP contribution in [0.25, 0.3) is 0 Å². The highest BCUT2D eigenvalue weighted by atomic mass is 16.4. The number of nitrogens with two attached hydrogens (primary N) is 1. The van der Waals surface area contributed by atoms with Gasteiger partial charge in [0.05, 0.1) is 19.4 Å². The van der Waals surface area contributed by atoms with Crippen molar-refractivity contribution >= 4 is 71.0 Å². The molecule has 68 heavy (non-hydrogen) atoms. The third-order valence-electron chi connectivity index (χ3n) is 9.88. The van der Waals surface area contributed by atoms with E-state index in [1.165, 1.54) is 46.8 Å². The molecule has 0 aliphatic rings. The lowest BCUT2D eigenvalue weighted by atomic mass is 9.99. The highest BCUT2D eigenvalue weighted by Gasteiger charge is 2.36. The largest absolute Gasteiger partial charge is 0.508 e. The van der Waals surface area contributed by atoms with Gasteiger partial charge in [-0.3, -0.25) is 52.7 Å². The van der Waals surface area contributed by atoms with Crippen molar-refractivity contribution in [2.24, 2.45) is 23.5 Å². The smallest absolute Gasteiger partial charge is 0.326 e. The Labute approximate surface area is 393 Å². The highest BCUT2D eigenvalue weighted by Crippen LogP contribution is 2.13. The molecule has 0 aromatic heterocycles. The van der Waals surface area contributed by atoms with Crippen LogP contribution < -0.4 is 53.6 Å². The molecule has 0 bridgehead atoms. The van der Waals surface area contributed by atoms with Crippen molar-refractivity contribution in [2.45, 2.75) is 136 Å². The molecule has 0 saturated carbocycles. The molecule has 25 nitrogen and oxygen atoms in total. The third-order valence-corrected chi connectivity index (χ3v) is 9.88. The van der Waals surface area contributed by atoms with Crippen LogP contribution in [0.2, 0.25) is 0 Å². The van der Waals surface area contributed by atoms with E-state index in [2.05, 4.69) is 47.9 Å². The lowest BCUT2D eigenvalue weighted by molar-refractivity contribution is -0.144. The summed E-state index contributed by atoms with van der Waals surface area (Å²) in [4.78, 5) is 152. The van der Waals surface area contributed by atoms with Crippen LogP contribution in [0.1, 0.15) is 87.1 Å². The summed E-state index contributed by atoms with van der Waals surface area (Å²) in [5.41, 5.74) is 5.93. The zero-order valence-corrected chi connectivity index (χ0v) is 39.5. The molecule has 1 rings (SSSR count). The predicted octanol–water partition coefficient (Wildman–Crippen LogP) is -3.22. The van der Waals surface area contributed by atoms with Gasteiger partial charge in [-0.1, -0.05) is 53.7 Å². The first-order valence-corrected chi connectivity index (χ1v) is 21.7. The fourth-order valence-electron chi connectivity index (χ4n) is 6.27. The normalized spacial score (nSPS) is 14.5. The number of hydrogen-bond acceptors (Lipinski definition) is 13. The van der Waals surface area contributed by atoms with Gasteiger partial charge in [0, 0.05) is 13.3 Å². The van der Waals surface area contributed by atoms with Gasteiger partial charge in [0.15, 0.2) is 0 Å². The third kappa shape index (κ3) is 21.3. The van der Waals surface area contributed by atoms with Gasteiger partial charge < -0.3 is 68.9 Å². The summed E-state index contributed by atoms with van der Waals surface area (Å²) in [6.07, 6.45) is -1.85. The summed E-state index contributed by atoms with van der Waals surface area (Å²) < 4.78 is 0. The summed E-state index contributed by atoms with van der Waals surface area (Å²) in [5.74, 6) is -13.6. The van der Waals surface area contributed by atoms with Crippen molar-refractivity contribution in [1.29, 1.82) is 0 Å². The van der Waals surface area contributed by atoms with Gasteiger partial charge in [0.2, 0.25) is 59.1 Å². The molecule has 0 aliphatic carbocycles. The van der Waals surface area contributed by atoms with Crippen LogP contribution in [0.15, 0.2) is 24.3 Å². The van der Waals surface area contributed by atoms with Crippen LogP contribution in [0.4, 0.5) is 0 Å². The Hall–Kier alpha value is -7.34. The van der Waals surface area contributed by atoms with E-state index in [0.29, 0.717) is 5.56 Å². The molecule has 378 valence electrons. The molecule has 0 saturated heterocycles. The van der Waals surface area contributed by atoms with E-state index in [9.17, 15) is 72.9 Å². The maximum absolute atomic E-state index is 13.6. The number of carboxylic acid groups (broad SMARTS) is 2. The number of hydrogen-bond donors (Lipinski definition) is 13. The summed E-state index contributed by atoms with van der Waals surface area (Å²) in [5, 5.41) is 49.7. The van der Waals surface area contributed by atoms with Gasteiger partial charge >= 0.3 is 11.9 Å². The number of amides is 10. The summed E-state index contributed by atoms with van der Waals surface area (Å²) in [6.45, 7) is 12.8. The van der Waals surface area contributed by atoms with Gasteiger partial charge in [0.1, 0.15) is 54.1 Å². The molecule has 1 aromatic rings. The molecular formula is C43H66N10O15. The molecule has 7 unspecified atom stereocenters. The van der Waals surface area contributed by atoms with Crippen LogP contribution >= 0.6 is 0 Å². The zero-order chi connectivity index (χ0) is 52.2. The monoisotopic (exact) mass is 962 g/mol. The minimum absolute atomic E-state index is 0.00157. The highest BCUT2D eigenvalue weighted by molar-refractivity contribution is 5.99. The van der Waals surface area contributed by atoms with Gasteiger partial charge in [0.25, 0.3) is 0 Å². The number of aliphatic carboxylic acids is 2. The first-order chi connectivity index (χ1) is 31.5. The molecule has 8 atom stereocenters. The Bertz CT molecular complexity index is 2010. The van der Waals surface area contributed by atoms with Crippen LogP contribution in [0.5, 0.6) is 5.75 Å². The lowest BCUT2D eigenvalue weighted by Gasteiger charge is -2.29. The van der Waals surface area contributed by atoms with E-state index in [1.54, 1.807) is 39.8 Å². The fourth-order valence-corrected chi connectivity index (χ4v) is 6.27. The number of carbonyl (C=O) groups is 12. The van der Waals surface area contributed by atoms with Gasteiger partial charge in [-0.2, -0.15) is 0 Å². The van der Waals surface area contributed by atoms with E-state index in [0.717, 1.165) is 0 Å². The number of primary amides is 1. The summed E-state index contributed by atoms with van der Waals surface area (Å²) in [7, 11) is 0. The number of nitrogens with one attached hydrogen (secondary N) is 9. The standard InChI is InChI=1S/C43H66N10O15/c1-19(2)14-30(43(67)68)51-40(64)29(17-33(58)59)49-39(63)28(16-31(44)56)50-41(65)34(20(3)4)53-42(66)35(21(5)6)52-37(61)23(8)46-32(57)18-45-36(60)22(7)47-38(62)27(48-24(9)54)15-25-10-12-26(55)13-11-25/h10-13,19-23,27-30,34-35,55H,14-18H2,1-9H3,(H2,44,56)(H,45,60)(H,46,57)(H,47,62)(H,48,54)(H,49,63)(H,50,65)(H,51,64)(H,52,61)(H,53,66)(H,58,59)(H,67,68)/t22?,23?,27-,28?,29?,30?,34?,35?/m1/s1. The molecule has 14 N–H and O–H groups in total. The Morgan fingerprint density at radius 3 is 1.46 bits per heavy atom. The number of carboxylic acids is 2. The number of aromatic hydroxyl groups is 1. The Morgan fingerprint density at radius 2 is 0.985 bits per heavy atom. The van der Waals surface area contributed by atoms with Crippen molar-refractivity contribution in [1.82, 2.24) is 47.9 Å². The van der Waals surface area contributed by atoms with E-state index in [1.807, 2.05) is 0 Å². The maximum Gasteiger partial charge on any atom is 0.326 e. The van der Waals surface area contributed by atoms with Gasteiger partial charge in [-0.15, -0.1) is 0 Å². The van der Waals surface area contributed by atoms with E-state index >= 15 is 0 Å². The van der Waals surface area contributed by atoms with Crippen molar-refractivity contribution in [3.63, 3.8) is 0 Å². The van der Waals surface area contributed by atoms with E-state index in [-0.39, 0.29) is 24.5 Å². The molecule has 0 radical (unpaired) electrons. The first-order valence-electron chi connectivity index (χ1n) is 21.7. The maximum atomic E-state index is 13.6. The van der Waals surface area contributed by atoms with Gasteiger partial charge in [-0.05, 0) is 55.7 Å². The Kier molecular flexibility index (Phi) is 24.1. The number of carbonyl (C=O) groups excluding carboxylic acids is 10. The van der Waals surface area contributed by atoms with Crippen LogP contribution in [-0.4, -0.2) is 141 Å². The number of rotatable bonds is 28. The van der Waals surface area contributed by atoms with E-state index < -0.39 is 151 Å². The Morgan fingerprint density at radius 1 is 0.529 bits per heavy atom. The molecule has 1 aromatic carbocycles. The van der Waals surface area contributed by atoms with Crippen molar-refractivity contribution in [3.05, 3.63) is 29.8 Å². The lowest BCUT2D eigenvalue weighted by Crippen LogP contribution is -2.61. The van der Waals surface area contributed by atoms with Crippen molar-refractivity contribution < 1.29 is 72.9 Å². The molecule has 0 heterocycles. The molecule has 25 heteroatoms. The number of phenolic OH excluding ortho intramolecular Hbond substituents is 1. The SMILES string of the molecule is CC(=O)N[C@H](Cc1ccc(O)cc1)C(=O)NC(C)C(=O)NCC(=O)NC(C)C(=O)NC(C(=O)NC(C(=O)NC(CC(N)=O)C(=O)NC(CC(=O)O)C(=O)NC(CC(C)C)C(=O)O)C(C)C)C(C)C. The minimum atomic E-state index is -1.85. The first kappa shape index (κ1) is 58.7. The number of benzene rings is 1. The molecule has 0 spiro atoms. The fraction of sp³-hybridized carbons (Fsp3) is 0.581. The second-order valence-electron chi connectivity index (χ2n) is 17.2. The topological polar surface area (TPSA) is 400 Å². The quantitative estimate of drug-likeness (QED) is 0.0393. The predicted molar refractivity (Wildman–Crippen MR) is 240 cm³/mol. The van der Waals surface area contributed by atoms with Crippen molar-refractivity contribution in [3.8, 4) is 5.75 Å². The van der Waals surface area contributed by atoms with Crippen molar-refractivity contribution in [2.75, 3.05) is 6.54 Å². The Balaban J connectivity index is 2.99. The summed E-state index contributed by atoms with van der Waals surface area (Å²) >= 11 is 0. The van der Waals surface area contributed by atoms with Gasteiger partial charge in [-0.25, -0.2) is 4.79 Å². The minimum Gasteiger partial charge on any atom is -0.508 e. The van der Waals surface area contributed by atoms with E-state index in [4.69, 9.17) is 5.73 Å². The molecular weight excluding hydrogens is 897 g/mol. The number of phenols is 1. The average molecular weight is 963 g/mol.